The standard InChI is InChI=1S/C19H19ClN2O4S/c1-3-13-6-4-5-7-17(13)21-18(23)15-9-8-14(10-16(15)20)22-19(24)12(2)11-27(22,25)26/h4-10,12H,3,11H2,1-2H3,(H,21,23)/t12-/m0/s1. The monoisotopic (exact) mass is 406 g/mol. The van der Waals surface area contributed by atoms with E-state index in [1.165, 1.54) is 18.2 Å². The molecule has 1 atom stereocenters. The fourth-order valence-corrected chi connectivity index (χ4v) is 5.11. The topological polar surface area (TPSA) is 83.6 Å². The van der Waals surface area contributed by atoms with E-state index in [4.69, 9.17) is 11.6 Å². The molecule has 1 heterocycles. The van der Waals surface area contributed by atoms with Gasteiger partial charge in [0.2, 0.25) is 15.9 Å². The number of carbonyl (C=O) groups is 2. The Morgan fingerprint density at radius 3 is 2.56 bits per heavy atom. The number of benzene rings is 2. The average Bonchev–Trinajstić information content (AvgIpc) is 2.82. The van der Waals surface area contributed by atoms with Gasteiger partial charge in [-0.1, -0.05) is 43.6 Å². The van der Waals surface area contributed by atoms with Gasteiger partial charge in [0.15, 0.2) is 0 Å². The van der Waals surface area contributed by atoms with Gasteiger partial charge in [-0.2, -0.15) is 0 Å². The van der Waals surface area contributed by atoms with E-state index in [0.717, 1.165) is 16.3 Å². The molecule has 1 fully saturated rings. The number of amides is 2. The van der Waals surface area contributed by atoms with Crippen LogP contribution in [0.15, 0.2) is 42.5 Å². The first kappa shape index (κ1) is 19.4. The lowest BCUT2D eigenvalue weighted by Crippen LogP contribution is -2.30. The summed E-state index contributed by atoms with van der Waals surface area (Å²) in [5.74, 6) is -1.75. The van der Waals surface area contributed by atoms with Gasteiger partial charge >= 0.3 is 0 Å². The molecule has 2 aromatic carbocycles. The van der Waals surface area contributed by atoms with Crippen LogP contribution in [0.2, 0.25) is 5.02 Å². The molecule has 1 N–H and O–H groups in total. The molecule has 6 nitrogen and oxygen atoms in total. The van der Waals surface area contributed by atoms with E-state index in [2.05, 4.69) is 5.32 Å². The second-order valence-electron chi connectivity index (χ2n) is 6.41. The highest BCUT2D eigenvalue weighted by atomic mass is 35.5. The Labute approximate surface area is 163 Å². The zero-order valence-corrected chi connectivity index (χ0v) is 16.5. The second kappa shape index (κ2) is 7.32. The van der Waals surface area contributed by atoms with Crippen LogP contribution in [0.5, 0.6) is 0 Å². The lowest BCUT2D eigenvalue weighted by Gasteiger charge is -2.17. The Morgan fingerprint density at radius 2 is 1.96 bits per heavy atom. The molecule has 2 aromatic rings. The highest BCUT2D eigenvalue weighted by Gasteiger charge is 2.42. The summed E-state index contributed by atoms with van der Waals surface area (Å²) in [6.07, 6.45) is 0.760. The van der Waals surface area contributed by atoms with Gasteiger partial charge in [-0.3, -0.25) is 9.59 Å². The molecule has 142 valence electrons. The number of sulfonamides is 1. The summed E-state index contributed by atoms with van der Waals surface area (Å²) < 4.78 is 25.2. The van der Waals surface area contributed by atoms with Gasteiger partial charge in [0.1, 0.15) is 0 Å². The number of anilines is 2. The third-order valence-electron chi connectivity index (χ3n) is 4.44. The molecular formula is C19H19ClN2O4S. The lowest BCUT2D eigenvalue weighted by molar-refractivity contribution is -0.119. The Kier molecular flexibility index (Phi) is 5.26. The van der Waals surface area contributed by atoms with E-state index in [1.807, 2.05) is 25.1 Å². The molecular weight excluding hydrogens is 388 g/mol. The number of hydrogen-bond donors (Lipinski definition) is 1. The highest BCUT2D eigenvalue weighted by molar-refractivity contribution is 7.94. The molecule has 3 rings (SSSR count). The molecule has 1 aliphatic rings. The molecule has 8 heteroatoms. The maximum absolute atomic E-state index is 12.6. The van der Waals surface area contributed by atoms with E-state index in [9.17, 15) is 18.0 Å². The van der Waals surface area contributed by atoms with Gasteiger partial charge in [0, 0.05) is 5.69 Å². The minimum atomic E-state index is -3.72. The first-order chi connectivity index (χ1) is 12.7. The normalized spacial score (nSPS) is 18.6. The number of para-hydroxylation sites is 1. The van der Waals surface area contributed by atoms with Gasteiger partial charge in [-0.15, -0.1) is 0 Å². The van der Waals surface area contributed by atoms with Crippen LogP contribution in [0.3, 0.4) is 0 Å². The summed E-state index contributed by atoms with van der Waals surface area (Å²) in [6, 6.07) is 11.6. The fraction of sp³-hybridized carbons (Fsp3) is 0.263. The van der Waals surface area contributed by atoms with Crippen LogP contribution < -0.4 is 9.62 Å². The van der Waals surface area contributed by atoms with Crippen molar-refractivity contribution >= 4 is 44.8 Å². The van der Waals surface area contributed by atoms with Crippen molar-refractivity contribution in [2.75, 3.05) is 15.4 Å². The number of nitrogens with zero attached hydrogens (tertiary/aromatic N) is 1. The molecule has 0 spiro atoms. The van der Waals surface area contributed by atoms with Crippen LogP contribution in [0.1, 0.15) is 29.8 Å². The van der Waals surface area contributed by atoms with Crippen LogP contribution in [0.25, 0.3) is 0 Å². The second-order valence-corrected chi connectivity index (χ2v) is 8.68. The summed E-state index contributed by atoms with van der Waals surface area (Å²) in [5, 5.41) is 2.89. The Balaban J connectivity index is 1.89. The molecule has 0 aromatic heterocycles. The minimum absolute atomic E-state index is 0.0709. The molecule has 2 amide bonds. The van der Waals surface area contributed by atoms with E-state index < -0.39 is 27.8 Å². The number of hydrogen-bond acceptors (Lipinski definition) is 4. The molecule has 1 saturated heterocycles. The minimum Gasteiger partial charge on any atom is -0.322 e. The van der Waals surface area contributed by atoms with Crippen molar-refractivity contribution < 1.29 is 18.0 Å². The number of halogens is 1. The van der Waals surface area contributed by atoms with Crippen molar-refractivity contribution in [1.82, 2.24) is 0 Å². The molecule has 0 bridgehead atoms. The van der Waals surface area contributed by atoms with Gasteiger partial charge in [-0.25, -0.2) is 12.7 Å². The van der Waals surface area contributed by atoms with Gasteiger partial charge < -0.3 is 5.32 Å². The quantitative estimate of drug-likeness (QED) is 0.842. The average molecular weight is 407 g/mol. The Bertz CT molecular complexity index is 1020. The Morgan fingerprint density at radius 1 is 1.26 bits per heavy atom. The van der Waals surface area contributed by atoms with Gasteiger partial charge in [0.05, 0.1) is 27.9 Å². The van der Waals surface area contributed by atoms with Crippen molar-refractivity contribution in [3.8, 4) is 0 Å². The van der Waals surface area contributed by atoms with Crippen molar-refractivity contribution in [3.63, 3.8) is 0 Å². The summed E-state index contributed by atoms with van der Waals surface area (Å²) >= 11 is 6.23. The summed E-state index contributed by atoms with van der Waals surface area (Å²) in [6.45, 7) is 3.55. The summed E-state index contributed by atoms with van der Waals surface area (Å²) in [4.78, 5) is 24.8. The van der Waals surface area contributed by atoms with Gasteiger partial charge in [-0.05, 0) is 36.2 Å². The van der Waals surface area contributed by atoms with Crippen LogP contribution in [0.4, 0.5) is 11.4 Å². The third kappa shape index (κ3) is 3.70. The molecule has 1 aliphatic heterocycles. The van der Waals surface area contributed by atoms with Crippen LogP contribution in [-0.4, -0.2) is 26.0 Å². The Hall–Kier alpha value is -2.38. The van der Waals surface area contributed by atoms with Crippen LogP contribution in [0, 0.1) is 5.92 Å². The smallest absolute Gasteiger partial charge is 0.257 e. The third-order valence-corrected chi connectivity index (χ3v) is 6.62. The van der Waals surface area contributed by atoms with Gasteiger partial charge in [0.25, 0.3) is 5.91 Å². The van der Waals surface area contributed by atoms with Crippen molar-refractivity contribution in [1.29, 1.82) is 0 Å². The predicted octanol–water partition coefficient (Wildman–Crippen LogP) is 3.47. The van der Waals surface area contributed by atoms with Crippen LogP contribution >= 0.6 is 11.6 Å². The highest BCUT2D eigenvalue weighted by Crippen LogP contribution is 2.31. The lowest BCUT2D eigenvalue weighted by atomic mass is 10.1. The molecule has 0 aliphatic carbocycles. The fourth-order valence-electron chi connectivity index (χ4n) is 3.04. The zero-order chi connectivity index (χ0) is 19.8. The van der Waals surface area contributed by atoms with E-state index >= 15 is 0 Å². The van der Waals surface area contributed by atoms with Crippen molar-refractivity contribution in [2.45, 2.75) is 20.3 Å². The number of rotatable bonds is 4. The number of carbonyl (C=O) groups excluding carboxylic acids is 2. The maximum Gasteiger partial charge on any atom is 0.257 e. The van der Waals surface area contributed by atoms with Crippen molar-refractivity contribution in [3.05, 3.63) is 58.6 Å². The van der Waals surface area contributed by atoms with E-state index in [1.54, 1.807) is 13.0 Å². The summed E-state index contributed by atoms with van der Waals surface area (Å²) in [5.41, 5.74) is 2.01. The van der Waals surface area contributed by atoms with Crippen molar-refractivity contribution in [2.24, 2.45) is 5.92 Å². The molecule has 0 unspecified atom stereocenters. The molecule has 27 heavy (non-hydrogen) atoms. The first-order valence-corrected chi connectivity index (χ1v) is 10.5. The number of aryl methyl sites for hydroxylation is 1. The van der Waals surface area contributed by atoms with E-state index in [0.29, 0.717) is 5.69 Å². The first-order valence-electron chi connectivity index (χ1n) is 8.50. The number of nitrogens with one attached hydrogen (secondary N) is 1. The van der Waals surface area contributed by atoms with Crippen LogP contribution in [-0.2, 0) is 21.2 Å². The SMILES string of the molecule is CCc1ccccc1NC(=O)c1ccc(N2C(=O)[C@@H](C)CS2(=O)=O)cc1Cl. The summed E-state index contributed by atoms with van der Waals surface area (Å²) in [7, 11) is -3.72. The predicted molar refractivity (Wildman–Crippen MR) is 106 cm³/mol. The van der Waals surface area contributed by atoms with E-state index in [-0.39, 0.29) is 22.0 Å². The maximum atomic E-state index is 12.6. The zero-order valence-electron chi connectivity index (χ0n) is 14.9. The molecule has 0 radical (unpaired) electrons. The largest absolute Gasteiger partial charge is 0.322 e. The molecule has 0 saturated carbocycles.